The zero-order valence-electron chi connectivity index (χ0n) is 20.4. The summed E-state index contributed by atoms with van der Waals surface area (Å²) in [6, 6.07) is 15.0. The molecule has 1 aromatic heterocycles. The lowest BCUT2D eigenvalue weighted by Crippen LogP contribution is -2.43. The Bertz CT molecular complexity index is 1190. The fourth-order valence-electron chi connectivity index (χ4n) is 4.46. The summed E-state index contributed by atoms with van der Waals surface area (Å²) in [5.74, 6) is 0.210. The minimum Gasteiger partial charge on any atom is -0.497 e. The third kappa shape index (κ3) is 4.85. The predicted molar refractivity (Wildman–Crippen MR) is 130 cm³/mol. The van der Waals surface area contributed by atoms with Crippen LogP contribution < -0.4 is 4.74 Å². The molecule has 0 unspecified atom stereocenters. The van der Waals surface area contributed by atoms with Crippen molar-refractivity contribution in [1.82, 2.24) is 19.7 Å². The minimum atomic E-state index is -0.455. The van der Waals surface area contributed by atoms with Gasteiger partial charge in [0.2, 0.25) is 0 Å². The smallest absolute Gasteiger partial charge is 0.343 e. The predicted octanol–water partition coefficient (Wildman–Crippen LogP) is 4.26. The van der Waals surface area contributed by atoms with Crippen LogP contribution in [0.3, 0.4) is 0 Å². The number of esters is 1. The van der Waals surface area contributed by atoms with Crippen molar-refractivity contribution < 1.29 is 24.3 Å². The average molecular weight is 479 g/mol. The van der Waals surface area contributed by atoms with Gasteiger partial charge in [0, 0.05) is 31.6 Å². The maximum atomic E-state index is 13.1. The van der Waals surface area contributed by atoms with E-state index in [-0.39, 0.29) is 5.92 Å². The van der Waals surface area contributed by atoms with Gasteiger partial charge in [-0.1, -0.05) is 29.8 Å². The van der Waals surface area contributed by atoms with E-state index in [1.807, 2.05) is 55.5 Å². The van der Waals surface area contributed by atoms with Gasteiger partial charge >= 0.3 is 12.0 Å². The van der Waals surface area contributed by atoms with Crippen molar-refractivity contribution >= 4 is 12.0 Å². The number of nitrogens with zero attached hydrogens (tertiary/aromatic N) is 4. The maximum absolute atomic E-state index is 13.1. The molecular weight excluding hydrogens is 448 g/mol. The number of rotatable bonds is 5. The molecule has 0 aliphatic carbocycles. The van der Waals surface area contributed by atoms with E-state index in [2.05, 4.69) is 0 Å². The quantitative estimate of drug-likeness (QED) is 0.334. The third-order valence-electron chi connectivity index (χ3n) is 6.37. The molecule has 2 amide bonds. The second kappa shape index (κ2) is 10.2. The molecule has 0 spiro atoms. The monoisotopic (exact) mass is 478 g/mol. The first-order chi connectivity index (χ1) is 16.8. The number of aromatic nitrogens is 2. The molecule has 9 heteroatoms. The molecule has 2 aromatic carbocycles. The highest BCUT2D eigenvalue weighted by Gasteiger charge is 2.34. The van der Waals surface area contributed by atoms with Crippen molar-refractivity contribution in [2.45, 2.75) is 25.7 Å². The summed E-state index contributed by atoms with van der Waals surface area (Å²) in [5.41, 5.74) is 4.47. The van der Waals surface area contributed by atoms with Crippen molar-refractivity contribution in [2.75, 3.05) is 34.4 Å². The van der Waals surface area contributed by atoms with Gasteiger partial charge in [-0.2, -0.15) is 5.10 Å². The van der Waals surface area contributed by atoms with E-state index in [0.29, 0.717) is 47.9 Å². The largest absolute Gasteiger partial charge is 0.497 e. The van der Waals surface area contributed by atoms with Crippen LogP contribution in [-0.4, -0.2) is 71.3 Å². The number of carbonyl (C=O) groups excluding carboxylic acids is 2. The van der Waals surface area contributed by atoms with Crippen LogP contribution in [0, 0.1) is 6.92 Å². The highest BCUT2D eigenvalue weighted by atomic mass is 16.5. The molecule has 1 fully saturated rings. The molecule has 184 valence electrons. The van der Waals surface area contributed by atoms with Gasteiger partial charge in [0.15, 0.2) is 0 Å². The first-order valence-electron chi connectivity index (χ1n) is 11.5. The molecule has 0 bridgehead atoms. The number of carbonyl (C=O) groups is 2. The van der Waals surface area contributed by atoms with Crippen LogP contribution in [0.15, 0.2) is 48.5 Å². The molecule has 0 radical (unpaired) electrons. The van der Waals surface area contributed by atoms with Crippen molar-refractivity contribution in [2.24, 2.45) is 0 Å². The molecule has 0 saturated carbocycles. The standard InChI is InChI=1S/C26H30N4O5/c1-17-5-7-19(8-6-17)24-22(25(31)35-4)23(18-13-15-29(16-14-18)26(32)28(2)33)27-30(24)20-9-11-21(34-3)12-10-20/h5-12,18,33H,13-16H2,1-4H3. The van der Waals surface area contributed by atoms with Crippen molar-refractivity contribution in [3.05, 3.63) is 65.4 Å². The molecule has 1 aliphatic heterocycles. The average Bonchev–Trinajstić information content (AvgIpc) is 3.29. The van der Waals surface area contributed by atoms with E-state index in [9.17, 15) is 14.8 Å². The molecule has 2 heterocycles. The Balaban J connectivity index is 1.83. The first kappa shape index (κ1) is 24.3. The molecule has 3 aromatic rings. The number of ether oxygens (including phenoxy) is 2. The normalized spacial score (nSPS) is 14.0. The Hall–Kier alpha value is -3.85. The van der Waals surface area contributed by atoms with E-state index in [4.69, 9.17) is 14.6 Å². The number of hydrogen-bond acceptors (Lipinski definition) is 6. The van der Waals surface area contributed by atoms with Crippen LogP contribution in [0.25, 0.3) is 16.9 Å². The number of likely N-dealkylation sites (tertiary alicyclic amines) is 1. The molecular formula is C26H30N4O5. The van der Waals surface area contributed by atoms with Gasteiger partial charge in [-0.15, -0.1) is 0 Å². The molecule has 1 N–H and O–H groups in total. The molecule has 4 rings (SSSR count). The zero-order chi connectivity index (χ0) is 25.1. The van der Waals surface area contributed by atoms with E-state index in [1.54, 1.807) is 16.7 Å². The Morgan fingerprint density at radius 3 is 2.20 bits per heavy atom. The lowest BCUT2D eigenvalue weighted by atomic mass is 9.90. The number of amides is 2. The fourth-order valence-corrected chi connectivity index (χ4v) is 4.46. The number of hydroxylamine groups is 2. The van der Waals surface area contributed by atoms with Gasteiger partial charge in [-0.25, -0.2) is 19.3 Å². The third-order valence-corrected chi connectivity index (χ3v) is 6.37. The molecule has 1 aliphatic rings. The van der Waals surface area contributed by atoms with Gasteiger partial charge in [-0.05, 0) is 44.0 Å². The van der Waals surface area contributed by atoms with Gasteiger partial charge in [0.25, 0.3) is 0 Å². The van der Waals surface area contributed by atoms with Gasteiger partial charge in [0.05, 0.1) is 31.3 Å². The summed E-state index contributed by atoms with van der Waals surface area (Å²) < 4.78 is 12.3. The Morgan fingerprint density at radius 2 is 1.66 bits per heavy atom. The molecule has 1 saturated heterocycles. The minimum absolute atomic E-state index is 0.0548. The second-order valence-corrected chi connectivity index (χ2v) is 8.64. The Kier molecular flexibility index (Phi) is 7.07. The number of methoxy groups -OCH3 is 2. The van der Waals surface area contributed by atoms with Crippen molar-refractivity contribution in [3.63, 3.8) is 0 Å². The van der Waals surface area contributed by atoms with E-state index < -0.39 is 12.0 Å². The highest BCUT2D eigenvalue weighted by molar-refractivity contribution is 5.98. The highest BCUT2D eigenvalue weighted by Crippen LogP contribution is 2.37. The summed E-state index contributed by atoms with van der Waals surface area (Å²) >= 11 is 0. The van der Waals surface area contributed by atoms with Crippen LogP contribution in [0.5, 0.6) is 5.75 Å². The Morgan fingerprint density at radius 1 is 1.03 bits per heavy atom. The van der Waals surface area contributed by atoms with Crippen LogP contribution in [0.4, 0.5) is 4.79 Å². The summed E-state index contributed by atoms with van der Waals surface area (Å²) in [4.78, 5) is 26.9. The molecule has 0 atom stereocenters. The van der Waals surface area contributed by atoms with Crippen LogP contribution >= 0.6 is 0 Å². The van der Waals surface area contributed by atoms with Crippen LogP contribution in [0.2, 0.25) is 0 Å². The van der Waals surface area contributed by atoms with Gasteiger partial charge in [0.1, 0.15) is 11.3 Å². The van der Waals surface area contributed by atoms with E-state index >= 15 is 0 Å². The Labute approximate surface area is 204 Å². The fraction of sp³-hybridized carbons (Fsp3) is 0.346. The number of piperidine rings is 1. The topological polar surface area (TPSA) is 97.1 Å². The van der Waals surface area contributed by atoms with Crippen LogP contribution in [-0.2, 0) is 4.74 Å². The van der Waals surface area contributed by atoms with Crippen molar-refractivity contribution in [1.29, 1.82) is 0 Å². The maximum Gasteiger partial charge on any atom is 0.343 e. The number of urea groups is 1. The summed E-state index contributed by atoms with van der Waals surface area (Å²) in [6.45, 7) is 2.91. The zero-order valence-corrected chi connectivity index (χ0v) is 20.4. The van der Waals surface area contributed by atoms with Crippen molar-refractivity contribution in [3.8, 4) is 22.7 Å². The number of aryl methyl sites for hydroxylation is 1. The lowest BCUT2D eigenvalue weighted by Gasteiger charge is -2.32. The summed E-state index contributed by atoms with van der Waals surface area (Å²) in [5, 5.41) is 15.0. The summed E-state index contributed by atoms with van der Waals surface area (Å²) in [7, 11) is 4.29. The molecule has 9 nitrogen and oxygen atoms in total. The first-order valence-corrected chi connectivity index (χ1v) is 11.5. The van der Waals surface area contributed by atoms with E-state index in [0.717, 1.165) is 22.6 Å². The number of benzene rings is 2. The van der Waals surface area contributed by atoms with Crippen LogP contribution in [0.1, 0.15) is 40.4 Å². The second-order valence-electron chi connectivity index (χ2n) is 8.64. The summed E-state index contributed by atoms with van der Waals surface area (Å²) in [6.07, 6.45) is 1.22. The number of hydrogen-bond donors (Lipinski definition) is 1. The molecule has 35 heavy (non-hydrogen) atoms. The van der Waals surface area contributed by atoms with Gasteiger partial charge < -0.3 is 14.4 Å². The SMILES string of the molecule is COC(=O)c1c(C2CCN(C(=O)N(C)O)CC2)nn(-c2ccc(OC)cc2)c1-c1ccc(C)cc1. The lowest BCUT2D eigenvalue weighted by molar-refractivity contribution is -0.0357. The van der Waals surface area contributed by atoms with Gasteiger partial charge in [-0.3, -0.25) is 5.21 Å². The van der Waals surface area contributed by atoms with E-state index in [1.165, 1.54) is 14.2 Å².